The number of hydrogen-bond donors (Lipinski definition) is 2. The second-order valence-corrected chi connectivity index (χ2v) is 4.30. The number of carboxylic acid groups (broad SMARTS) is 1. The minimum Gasteiger partial charge on any atom is -0.508 e. The van der Waals surface area contributed by atoms with Gasteiger partial charge in [0.1, 0.15) is 11.4 Å². The molecule has 0 aliphatic carbocycles. The molecule has 0 saturated heterocycles. The van der Waals surface area contributed by atoms with Gasteiger partial charge in [0.15, 0.2) is 0 Å². The van der Waals surface area contributed by atoms with Crippen molar-refractivity contribution in [1.29, 1.82) is 0 Å². The summed E-state index contributed by atoms with van der Waals surface area (Å²) in [4.78, 5) is 28.5. The average molecular weight is 286 g/mol. The van der Waals surface area contributed by atoms with Crippen LogP contribution in [0.4, 0.5) is 5.69 Å². The Kier molecular flexibility index (Phi) is 4.18. The van der Waals surface area contributed by atoms with E-state index >= 15 is 0 Å². The number of carbonyl (C=O) groups excluding carboxylic acids is 1. The van der Waals surface area contributed by atoms with E-state index in [0.717, 1.165) is 0 Å². The zero-order chi connectivity index (χ0) is 15.4. The summed E-state index contributed by atoms with van der Waals surface area (Å²) < 4.78 is 0. The fourth-order valence-electron chi connectivity index (χ4n) is 1.94. The van der Waals surface area contributed by atoms with Crippen molar-refractivity contribution in [2.24, 2.45) is 0 Å². The number of amides is 1. The van der Waals surface area contributed by atoms with Crippen molar-refractivity contribution in [1.82, 2.24) is 4.98 Å². The Morgan fingerprint density at radius 3 is 2.62 bits per heavy atom. The molecule has 0 atom stereocenters. The number of phenolic OH excluding ortho intramolecular Hbond substituents is 1. The third kappa shape index (κ3) is 3.17. The standard InChI is InChI=1S/C15H14N2O4/c1-2-17(11-4-3-5-12(18)9-11)14(19)10-6-7-16-13(8-10)15(20)21/h3-9,18H,2H2,1H3,(H,20,21). The second-order valence-electron chi connectivity index (χ2n) is 4.30. The summed E-state index contributed by atoms with van der Waals surface area (Å²) in [5.74, 6) is -1.49. The first-order valence-electron chi connectivity index (χ1n) is 6.33. The number of nitrogens with zero attached hydrogens (tertiary/aromatic N) is 2. The molecule has 0 spiro atoms. The molecule has 2 rings (SSSR count). The molecular weight excluding hydrogens is 272 g/mol. The Morgan fingerprint density at radius 1 is 1.24 bits per heavy atom. The Hall–Kier alpha value is -2.89. The van der Waals surface area contributed by atoms with Gasteiger partial charge in [0.25, 0.3) is 5.91 Å². The first-order valence-corrected chi connectivity index (χ1v) is 6.33. The molecule has 1 heterocycles. The van der Waals surface area contributed by atoms with Crippen LogP contribution in [0.15, 0.2) is 42.6 Å². The van der Waals surface area contributed by atoms with Crippen LogP contribution in [0.5, 0.6) is 5.75 Å². The fraction of sp³-hybridized carbons (Fsp3) is 0.133. The number of hydrogen-bond acceptors (Lipinski definition) is 4. The highest BCUT2D eigenvalue weighted by Gasteiger charge is 2.18. The number of carboxylic acids is 1. The summed E-state index contributed by atoms with van der Waals surface area (Å²) >= 11 is 0. The predicted molar refractivity (Wildman–Crippen MR) is 76.7 cm³/mol. The molecular formula is C15H14N2O4. The van der Waals surface area contributed by atoms with Crippen LogP contribution in [0, 0.1) is 0 Å². The van der Waals surface area contributed by atoms with E-state index in [-0.39, 0.29) is 22.9 Å². The molecule has 0 aliphatic rings. The molecule has 0 aliphatic heterocycles. The van der Waals surface area contributed by atoms with E-state index < -0.39 is 5.97 Å². The van der Waals surface area contributed by atoms with Gasteiger partial charge in [0.05, 0.1) is 0 Å². The SMILES string of the molecule is CCN(C(=O)c1ccnc(C(=O)O)c1)c1cccc(O)c1. The molecule has 0 fully saturated rings. The number of pyridine rings is 1. The number of aromatic nitrogens is 1. The van der Waals surface area contributed by atoms with E-state index in [4.69, 9.17) is 5.11 Å². The van der Waals surface area contributed by atoms with Gasteiger partial charge in [0.2, 0.25) is 0 Å². The van der Waals surface area contributed by atoms with Gasteiger partial charge in [-0.3, -0.25) is 4.79 Å². The summed E-state index contributed by atoms with van der Waals surface area (Å²) in [6.07, 6.45) is 1.28. The number of carbonyl (C=O) groups is 2. The summed E-state index contributed by atoms with van der Waals surface area (Å²) in [6, 6.07) is 9.00. The number of phenols is 1. The molecule has 1 amide bonds. The lowest BCUT2D eigenvalue weighted by atomic mass is 10.1. The van der Waals surface area contributed by atoms with Crippen LogP contribution in [-0.4, -0.2) is 33.6 Å². The highest BCUT2D eigenvalue weighted by atomic mass is 16.4. The van der Waals surface area contributed by atoms with Crippen LogP contribution in [0.25, 0.3) is 0 Å². The van der Waals surface area contributed by atoms with Gasteiger partial charge in [-0.15, -0.1) is 0 Å². The molecule has 0 saturated carbocycles. The lowest BCUT2D eigenvalue weighted by Gasteiger charge is -2.21. The predicted octanol–water partition coefficient (Wildman–Crippen LogP) is 2.15. The normalized spacial score (nSPS) is 10.1. The quantitative estimate of drug-likeness (QED) is 0.898. The molecule has 1 aromatic heterocycles. The highest BCUT2D eigenvalue weighted by Crippen LogP contribution is 2.21. The first kappa shape index (κ1) is 14.5. The lowest BCUT2D eigenvalue weighted by molar-refractivity contribution is 0.0690. The topological polar surface area (TPSA) is 90.7 Å². The molecule has 6 heteroatoms. The van der Waals surface area contributed by atoms with Crippen molar-refractivity contribution < 1.29 is 19.8 Å². The average Bonchev–Trinajstić information content (AvgIpc) is 2.48. The van der Waals surface area contributed by atoms with E-state index in [0.29, 0.717) is 12.2 Å². The summed E-state index contributed by atoms with van der Waals surface area (Å²) in [7, 11) is 0. The van der Waals surface area contributed by atoms with Crippen LogP contribution < -0.4 is 4.90 Å². The van der Waals surface area contributed by atoms with Gasteiger partial charge >= 0.3 is 5.97 Å². The molecule has 0 radical (unpaired) electrons. The minimum absolute atomic E-state index is 0.0553. The van der Waals surface area contributed by atoms with Gasteiger partial charge in [-0.1, -0.05) is 6.07 Å². The minimum atomic E-state index is -1.19. The number of rotatable bonds is 4. The zero-order valence-electron chi connectivity index (χ0n) is 11.4. The van der Waals surface area contributed by atoms with Crippen LogP contribution in [-0.2, 0) is 0 Å². The molecule has 21 heavy (non-hydrogen) atoms. The van der Waals surface area contributed by atoms with Crippen LogP contribution in [0.3, 0.4) is 0 Å². The third-order valence-electron chi connectivity index (χ3n) is 2.93. The van der Waals surface area contributed by atoms with Crippen LogP contribution in [0.1, 0.15) is 27.8 Å². The maximum atomic E-state index is 12.5. The molecule has 0 unspecified atom stereocenters. The van der Waals surface area contributed by atoms with E-state index in [2.05, 4.69) is 4.98 Å². The van der Waals surface area contributed by atoms with Gasteiger partial charge in [-0.05, 0) is 31.2 Å². The Bertz CT molecular complexity index is 685. The van der Waals surface area contributed by atoms with Crippen molar-refractivity contribution in [2.45, 2.75) is 6.92 Å². The van der Waals surface area contributed by atoms with Gasteiger partial charge in [0, 0.05) is 30.1 Å². The van der Waals surface area contributed by atoms with E-state index in [1.165, 1.54) is 35.4 Å². The summed E-state index contributed by atoms with van der Waals surface area (Å²) in [6.45, 7) is 2.17. The number of aromatic carboxylic acids is 1. The molecule has 2 N–H and O–H groups in total. The van der Waals surface area contributed by atoms with Crippen molar-refractivity contribution in [3.63, 3.8) is 0 Å². The third-order valence-corrected chi connectivity index (χ3v) is 2.93. The molecule has 1 aromatic carbocycles. The van der Waals surface area contributed by atoms with Crippen molar-refractivity contribution in [2.75, 3.05) is 11.4 Å². The van der Waals surface area contributed by atoms with Gasteiger partial charge in [-0.25, -0.2) is 9.78 Å². The van der Waals surface area contributed by atoms with Gasteiger partial charge in [-0.2, -0.15) is 0 Å². The number of anilines is 1. The maximum Gasteiger partial charge on any atom is 0.354 e. The van der Waals surface area contributed by atoms with Crippen LogP contribution in [0.2, 0.25) is 0 Å². The Morgan fingerprint density at radius 2 is 2.00 bits per heavy atom. The smallest absolute Gasteiger partial charge is 0.354 e. The lowest BCUT2D eigenvalue weighted by Crippen LogP contribution is -2.30. The second kappa shape index (κ2) is 6.04. The Labute approximate surface area is 121 Å². The van der Waals surface area contributed by atoms with Crippen molar-refractivity contribution in [3.8, 4) is 5.75 Å². The number of benzene rings is 1. The summed E-state index contributed by atoms with van der Waals surface area (Å²) in [5, 5.41) is 18.4. The fourth-order valence-corrected chi connectivity index (χ4v) is 1.94. The van der Waals surface area contributed by atoms with Crippen molar-refractivity contribution in [3.05, 3.63) is 53.9 Å². The molecule has 108 valence electrons. The number of aromatic hydroxyl groups is 1. The molecule has 0 bridgehead atoms. The first-order chi connectivity index (χ1) is 10.0. The largest absolute Gasteiger partial charge is 0.508 e. The zero-order valence-corrected chi connectivity index (χ0v) is 11.4. The van der Waals surface area contributed by atoms with E-state index in [1.54, 1.807) is 19.1 Å². The van der Waals surface area contributed by atoms with Crippen molar-refractivity contribution >= 4 is 17.6 Å². The molecule has 2 aromatic rings. The van der Waals surface area contributed by atoms with E-state index in [9.17, 15) is 14.7 Å². The maximum absolute atomic E-state index is 12.5. The van der Waals surface area contributed by atoms with Gasteiger partial charge < -0.3 is 15.1 Å². The molecule has 6 nitrogen and oxygen atoms in total. The Balaban J connectivity index is 2.36. The monoisotopic (exact) mass is 286 g/mol. The highest BCUT2D eigenvalue weighted by molar-refractivity contribution is 6.07. The van der Waals surface area contributed by atoms with Crippen LogP contribution >= 0.6 is 0 Å². The summed E-state index contributed by atoms with van der Waals surface area (Å²) in [5.41, 5.74) is 0.580. The van der Waals surface area contributed by atoms with E-state index in [1.807, 2.05) is 0 Å².